The lowest BCUT2D eigenvalue weighted by Crippen LogP contribution is -2.65. The molecule has 0 aromatic carbocycles. The molecule has 0 unspecified atom stereocenters. The second-order valence-electron chi connectivity index (χ2n) is 11.7. The van der Waals surface area contributed by atoms with E-state index in [0.717, 1.165) is 37.5 Å². The van der Waals surface area contributed by atoms with Crippen molar-refractivity contribution in [2.45, 2.75) is 139 Å². The molecule has 2 aliphatic heterocycles. The first-order valence-electron chi connectivity index (χ1n) is 14.5. The van der Waals surface area contributed by atoms with Crippen molar-refractivity contribution in [1.29, 1.82) is 0 Å². The van der Waals surface area contributed by atoms with Crippen LogP contribution in [-0.2, 0) is 18.9 Å². The molecule has 11 nitrogen and oxygen atoms in total. The minimum atomic E-state index is -1.69. The van der Waals surface area contributed by atoms with Gasteiger partial charge in [0.2, 0.25) is 0 Å². The molecule has 0 aromatic heterocycles. The molecule has 2 aliphatic carbocycles. The van der Waals surface area contributed by atoms with Crippen LogP contribution >= 0.6 is 0 Å². The van der Waals surface area contributed by atoms with Crippen LogP contribution in [0.5, 0.6) is 0 Å². The number of rotatable bonds is 9. The van der Waals surface area contributed by atoms with E-state index in [1.165, 1.54) is 38.5 Å². The summed E-state index contributed by atoms with van der Waals surface area (Å²) in [5, 5.41) is 71.2. The molecule has 0 radical (unpaired) electrons. The lowest BCUT2D eigenvalue weighted by molar-refractivity contribution is -0.363. The van der Waals surface area contributed by atoms with Crippen molar-refractivity contribution in [2.75, 3.05) is 13.2 Å². The second-order valence-corrected chi connectivity index (χ2v) is 11.7. The summed E-state index contributed by atoms with van der Waals surface area (Å²) in [6.45, 7) is 1.05. The van der Waals surface area contributed by atoms with Gasteiger partial charge < -0.3 is 54.7 Å². The van der Waals surface area contributed by atoms with Gasteiger partial charge in [-0.25, -0.2) is 0 Å². The number of aliphatic hydroxyl groups is 7. The Morgan fingerprint density at radius 1 is 0.605 bits per heavy atom. The molecule has 222 valence electrons. The molecule has 38 heavy (non-hydrogen) atoms. The van der Waals surface area contributed by atoms with Crippen LogP contribution in [0.25, 0.3) is 0 Å². The average Bonchev–Trinajstić information content (AvgIpc) is 2.93. The van der Waals surface area contributed by atoms with Gasteiger partial charge in [0, 0.05) is 0 Å². The average molecular weight is 549 g/mol. The fourth-order valence-electron chi connectivity index (χ4n) is 6.91. The van der Waals surface area contributed by atoms with E-state index < -0.39 is 74.6 Å². The fourth-order valence-corrected chi connectivity index (χ4v) is 6.91. The Kier molecular flexibility index (Phi) is 11.2. The van der Waals surface area contributed by atoms with Crippen molar-refractivity contribution in [3.63, 3.8) is 0 Å². The molecule has 2 heterocycles. The smallest absolute Gasteiger partial charge is 0.187 e. The molecule has 0 spiro atoms. The van der Waals surface area contributed by atoms with Crippen LogP contribution in [0.3, 0.4) is 0 Å². The maximum absolute atomic E-state index is 10.8. The molecule has 0 aromatic rings. The van der Waals surface area contributed by atoms with Crippen LogP contribution in [-0.4, -0.2) is 116 Å². The highest BCUT2D eigenvalue weighted by Gasteiger charge is 2.51. The maximum Gasteiger partial charge on any atom is 0.187 e. The molecule has 4 aliphatic rings. The molecule has 4 rings (SSSR count). The topological polar surface area (TPSA) is 179 Å². The van der Waals surface area contributed by atoms with Gasteiger partial charge in [-0.2, -0.15) is 0 Å². The summed E-state index contributed by atoms with van der Waals surface area (Å²) < 4.78 is 22.8. The first-order valence-corrected chi connectivity index (χ1v) is 14.5. The zero-order valence-electron chi connectivity index (χ0n) is 22.3. The lowest BCUT2D eigenvalue weighted by atomic mass is 9.70. The van der Waals surface area contributed by atoms with Gasteiger partial charge in [-0.3, -0.25) is 0 Å². The van der Waals surface area contributed by atoms with Gasteiger partial charge in [-0.05, 0) is 56.3 Å². The van der Waals surface area contributed by atoms with E-state index >= 15 is 0 Å². The Labute approximate surface area is 224 Å². The summed E-state index contributed by atoms with van der Waals surface area (Å²) in [7, 11) is 0. The van der Waals surface area contributed by atoms with E-state index in [1.807, 2.05) is 0 Å². The number of hydrogen-bond donors (Lipinski definition) is 7. The number of aliphatic hydroxyl groups excluding tert-OH is 7. The maximum atomic E-state index is 10.8. The third kappa shape index (κ3) is 6.88. The summed E-state index contributed by atoms with van der Waals surface area (Å²) >= 11 is 0. The highest BCUT2D eigenvalue weighted by molar-refractivity contribution is 4.94. The number of ether oxygens (including phenoxy) is 4. The molecule has 4 fully saturated rings. The molecule has 0 bridgehead atoms. The molecule has 2 saturated heterocycles. The van der Waals surface area contributed by atoms with Gasteiger partial charge in [-0.15, -0.1) is 0 Å². The Morgan fingerprint density at radius 2 is 1.13 bits per heavy atom. The van der Waals surface area contributed by atoms with Crippen LogP contribution in [0.1, 0.15) is 71.1 Å². The second kappa shape index (κ2) is 14.0. The van der Waals surface area contributed by atoms with Gasteiger partial charge in [0.1, 0.15) is 48.8 Å². The quantitative estimate of drug-likeness (QED) is 0.203. The summed E-state index contributed by atoms with van der Waals surface area (Å²) in [5.41, 5.74) is 0. The van der Waals surface area contributed by atoms with Crippen molar-refractivity contribution < 1.29 is 54.7 Å². The van der Waals surface area contributed by atoms with Gasteiger partial charge in [0.05, 0.1) is 19.3 Å². The third-order valence-corrected chi connectivity index (χ3v) is 9.26. The summed E-state index contributed by atoms with van der Waals surface area (Å²) in [6.07, 6.45) is -2.71. The summed E-state index contributed by atoms with van der Waals surface area (Å²) in [4.78, 5) is 0. The molecule has 0 amide bonds. The molecule has 2 saturated carbocycles. The standard InChI is InChI=1S/C27H48O11/c1-2-3-14-4-6-15(7-5-14)16-8-10-17(11-9-16)35-26-24(34)22(32)25(19(13-29)37-26)38-27-23(33)21(31)20(30)18(12-28)36-27/h14-34H,2-13H2,1H3/t14?,15?,16?,17?,18-,19-,20-,21+,22-,23-,24-,25-,26+,27-/m1/s1. The van der Waals surface area contributed by atoms with E-state index in [1.54, 1.807) is 0 Å². The van der Waals surface area contributed by atoms with E-state index in [9.17, 15) is 35.7 Å². The van der Waals surface area contributed by atoms with E-state index in [-0.39, 0.29) is 6.10 Å². The lowest BCUT2D eigenvalue weighted by Gasteiger charge is -2.46. The monoisotopic (exact) mass is 548 g/mol. The first kappa shape index (κ1) is 30.5. The number of hydrogen-bond acceptors (Lipinski definition) is 11. The van der Waals surface area contributed by atoms with Crippen LogP contribution in [0.15, 0.2) is 0 Å². The highest BCUT2D eigenvalue weighted by atomic mass is 16.7. The zero-order chi connectivity index (χ0) is 27.4. The van der Waals surface area contributed by atoms with Crippen molar-refractivity contribution in [3.05, 3.63) is 0 Å². The molecule has 7 N–H and O–H groups in total. The Bertz CT molecular complexity index is 693. The van der Waals surface area contributed by atoms with E-state index in [4.69, 9.17) is 18.9 Å². The summed E-state index contributed by atoms with van der Waals surface area (Å²) in [5.74, 6) is 2.36. The van der Waals surface area contributed by atoms with E-state index in [0.29, 0.717) is 5.92 Å². The largest absolute Gasteiger partial charge is 0.394 e. The highest BCUT2D eigenvalue weighted by Crippen LogP contribution is 2.42. The predicted molar refractivity (Wildman–Crippen MR) is 134 cm³/mol. The third-order valence-electron chi connectivity index (χ3n) is 9.26. The van der Waals surface area contributed by atoms with E-state index in [2.05, 4.69) is 6.92 Å². The predicted octanol–water partition coefficient (Wildman–Crippen LogP) is -0.208. The Hall–Kier alpha value is -0.440. The van der Waals surface area contributed by atoms with Crippen LogP contribution < -0.4 is 0 Å². The summed E-state index contributed by atoms with van der Waals surface area (Å²) in [6, 6.07) is 0. The SMILES string of the molecule is CCCC1CCC(C2CCC(O[C@H]3O[C@H](CO)[C@@H](O[C@H]4O[C@H](CO)[C@@H](O)[C@H](O)[C@H]4O)[C@H](O)[C@H]3O)CC2)CC1. The Morgan fingerprint density at radius 3 is 1.71 bits per heavy atom. The van der Waals surface area contributed by atoms with Gasteiger partial charge in [0.15, 0.2) is 12.6 Å². The minimum Gasteiger partial charge on any atom is -0.394 e. The zero-order valence-corrected chi connectivity index (χ0v) is 22.3. The molecular weight excluding hydrogens is 500 g/mol. The van der Waals surface area contributed by atoms with Crippen molar-refractivity contribution in [2.24, 2.45) is 17.8 Å². The van der Waals surface area contributed by atoms with Gasteiger partial charge in [-0.1, -0.05) is 32.6 Å². The molecular formula is C27H48O11. The van der Waals surface area contributed by atoms with Crippen molar-refractivity contribution >= 4 is 0 Å². The Balaban J connectivity index is 1.28. The normalized spacial score (nSPS) is 48.6. The van der Waals surface area contributed by atoms with Gasteiger partial charge in [0.25, 0.3) is 0 Å². The van der Waals surface area contributed by atoms with Gasteiger partial charge >= 0.3 is 0 Å². The van der Waals surface area contributed by atoms with Crippen LogP contribution in [0, 0.1) is 17.8 Å². The molecule has 10 atom stereocenters. The minimum absolute atomic E-state index is 0.128. The fraction of sp³-hybridized carbons (Fsp3) is 1.00. The first-order chi connectivity index (χ1) is 18.3. The van der Waals surface area contributed by atoms with Crippen LogP contribution in [0.2, 0.25) is 0 Å². The van der Waals surface area contributed by atoms with Crippen molar-refractivity contribution in [3.8, 4) is 0 Å². The molecule has 11 heteroatoms. The van der Waals surface area contributed by atoms with Crippen molar-refractivity contribution in [1.82, 2.24) is 0 Å². The van der Waals surface area contributed by atoms with Crippen LogP contribution in [0.4, 0.5) is 0 Å².